The molecule has 1 N–H and O–H groups in total. The third kappa shape index (κ3) is 4.84. The molecule has 2 heterocycles. The van der Waals surface area contributed by atoms with Gasteiger partial charge in [-0.3, -0.25) is 9.48 Å². The van der Waals surface area contributed by atoms with Gasteiger partial charge in [0, 0.05) is 42.0 Å². The number of benzene rings is 2. The van der Waals surface area contributed by atoms with Crippen molar-refractivity contribution >= 4 is 28.6 Å². The zero-order chi connectivity index (χ0) is 20.2. The zero-order valence-corrected chi connectivity index (χ0v) is 16.8. The van der Waals surface area contributed by atoms with Crippen molar-refractivity contribution in [1.29, 1.82) is 0 Å². The number of oxazole rings is 1. The topological polar surface area (TPSA) is 73.0 Å². The Morgan fingerprint density at radius 3 is 2.93 bits per heavy atom. The van der Waals surface area contributed by atoms with Crippen LogP contribution in [0.5, 0.6) is 0 Å². The molecule has 0 spiro atoms. The maximum absolute atomic E-state index is 12.6. The molecule has 2 aromatic carbocycles. The number of halogens is 1. The first-order valence-corrected chi connectivity index (χ1v) is 9.87. The van der Waals surface area contributed by atoms with Crippen LogP contribution in [0.1, 0.15) is 35.2 Å². The molecule has 0 fully saturated rings. The van der Waals surface area contributed by atoms with Crippen LogP contribution in [-0.2, 0) is 13.0 Å². The monoisotopic (exact) mass is 408 g/mol. The number of carbonyl (C=O) groups excluding carboxylic acids is 1. The molecule has 0 aliphatic carbocycles. The van der Waals surface area contributed by atoms with Crippen LogP contribution in [0.15, 0.2) is 65.3 Å². The summed E-state index contributed by atoms with van der Waals surface area (Å²) in [6, 6.07) is 14.8. The Kier molecular flexibility index (Phi) is 5.62. The normalized spacial score (nSPS) is 12.2. The molecule has 148 valence electrons. The molecule has 0 bridgehead atoms. The van der Waals surface area contributed by atoms with Gasteiger partial charge in [0.15, 0.2) is 11.5 Å². The van der Waals surface area contributed by atoms with E-state index in [1.165, 1.54) is 0 Å². The van der Waals surface area contributed by atoms with E-state index in [0.717, 1.165) is 24.0 Å². The average molecular weight is 409 g/mol. The molecule has 1 amide bonds. The van der Waals surface area contributed by atoms with Crippen molar-refractivity contribution in [3.05, 3.63) is 83.0 Å². The molecule has 0 saturated carbocycles. The highest BCUT2D eigenvalue weighted by atomic mass is 35.5. The van der Waals surface area contributed by atoms with Gasteiger partial charge in [-0.25, -0.2) is 4.98 Å². The first-order chi connectivity index (χ1) is 14.1. The van der Waals surface area contributed by atoms with E-state index in [2.05, 4.69) is 15.4 Å². The standard InChI is InChI=1S/C22H21ClN4O2/c1-15(8-11-27-10-3-9-24-27)25-22(28)17-6-7-19-20(14-17)29-21(26-19)13-16-4-2-5-18(23)12-16/h2-7,9-10,12,14-15H,8,11,13H2,1H3,(H,25,28). The van der Waals surface area contributed by atoms with Gasteiger partial charge in [-0.05, 0) is 55.3 Å². The molecular formula is C22H21ClN4O2. The van der Waals surface area contributed by atoms with Crippen LogP contribution in [0, 0.1) is 0 Å². The summed E-state index contributed by atoms with van der Waals surface area (Å²) < 4.78 is 7.71. The van der Waals surface area contributed by atoms with Gasteiger partial charge in [-0.2, -0.15) is 5.10 Å². The highest BCUT2D eigenvalue weighted by molar-refractivity contribution is 6.30. The fourth-order valence-electron chi connectivity index (χ4n) is 3.15. The van der Waals surface area contributed by atoms with E-state index in [4.69, 9.17) is 16.0 Å². The van der Waals surface area contributed by atoms with Crippen LogP contribution in [0.4, 0.5) is 0 Å². The summed E-state index contributed by atoms with van der Waals surface area (Å²) >= 11 is 6.04. The minimum Gasteiger partial charge on any atom is -0.440 e. The maximum Gasteiger partial charge on any atom is 0.251 e. The van der Waals surface area contributed by atoms with E-state index >= 15 is 0 Å². The van der Waals surface area contributed by atoms with Crippen LogP contribution in [0.25, 0.3) is 11.1 Å². The van der Waals surface area contributed by atoms with Gasteiger partial charge >= 0.3 is 0 Å². The Bertz CT molecular complexity index is 1120. The van der Waals surface area contributed by atoms with Crippen molar-refractivity contribution in [3.8, 4) is 0 Å². The lowest BCUT2D eigenvalue weighted by atomic mass is 10.1. The maximum atomic E-state index is 12.6. The van der Waals surface area contributed by atoms with E-state index in [9.17, 15) is 4.79 Å². The summed E-state index contributed by atoms with van der Waals surface area (Å²) in [7, 11) is 0. The average Bonchev–Trinajstić information content (AvgIpc) is 3.35. The van der Waals surface area contributed by atoms with Crippen LogP contribution in [-0.4, -0.2) is 26.7 Å². The predicted molar refractivity (Wildman–Crippen MR) is 112 cm³/mol. The molecule has 0 aliphatic rings. The smallest absolute Gasteiger partial charge is 0.251 e. The number of aromatic nitrogens is 3. The number of nitrogens with zero attached hydrogens (tertiary/aromatic N) is 3. The van der Waals surface area contributed by atoms with Crippen molar-refractivity contribution < 1.29 is 9.21 Å². The summed E-state index contributed by atoms with van der Waals surface area (Å²) in [5.74, 6) is 0.458. The number of carbonyl (C=O) groups is 1. The quantitative estimate of drug-likeness (QED) is 0.489. The summed E-state index contributed by atoms with van der Waals surface area (Å²) in [5.41, 5.74) is 2.89. The lowest BCUT2D eigenvalue weighted by molar-refractivity contribution is 0.0937. The second-order valence-electron chi connectivity index (χ2n) is 7.03. The van der Waals surface area contributed by atoms with Crippen LogP contribution >= 0.6 is 11.6 Å². The van der Waals surface area contributed by atoms with Crippen LogP contribution in [0.3, 0.4) is 0 Å². The van der Waals surface area contributed by atoms with Gasteiger partial charge in [0.2, 0.25) is 0 Å². The number of hydrogen-bond acceptors (Lipinski definition) is 4. The van der Waals surface area contributed by atoms with E-state index in [1.54, 1.807) is 18.3 Å². The molecule has 0 saturated heterocycles. The second kappa shape index (κ2) is 8.49. The first-order valence-electron chi connectivity index (χ1n) is 9.49. The third-order valence-corrected chi connectivity index (χ3v) is 4.90. The van der Waals surface area contributed by atoms with Crippen LogP contribution < -0.4 is 5.32 Å². The molecule has 1 atom stereocenters. The number of hydrogen-bond donors (Lipinski definition) is 1. The fraction of sp³-hybridized carbons (Fsp3) is 0.227. The molecular weight excluding hydrogens is 388 g/mol. The number of rotatable bonds is 7. The number of aryl methyl sites for hydroxylation is 1. The molecule has 29 heavy (non-hydrogen) atoms. The largest absolute Gasteiger partial charge is 0.440 e. The van der Waals surface area contributed by atoms with Gasteiger partial charge in [0.05, 0.1) is 0 Å². The van der Waals surface area contributed by atoms with Gasteiger partial charge in [-0.1, -0.05) is 23.7 Å². The SMILES string of the molecule is CC(CCn1cccn1)NC(=O)c1ccc2nc(Cc3cccc(Cl)c3)oc2c1. The highest BCUT2D eigenvalue weighted by Crippen LogP contribution is 2.21. The third-order valence-electron chi connectivity index (χ3n) is 4.67. The lowest BCUT2D eigenvalue weighted by Crippen LogP contribution is -2.33. The highest BCUT2D eigenvalue weighted by Gasteiger charge is 2.13. The Hall–Kier alpha value is -3.12. The summed E-state index contributed by atoms with van der Waals surface area (Å²) in [5, 5.41) is 7.87. The van der Waals surface area contributed by atoms with Gasteiger partial charge in [-0.15, -0.1) is 0 Å². The van der Waals surface area contributed by atoms with Crippen molar-refractivity contribution in [3.63, 3.8) is 0 Å². The molecule has 6 nitrogen and oxygen atoms in total. The summed E-state index contributed by atoms with van der Waals surface area (Å²) in [6.07, 6.45) is 4.99. The van der Waals surface area contributed by atoms with E-state index < -0.39 is 0 Å². The Balaban J connectivity index is 1.41. The second-order valence-corrected chi connectivity index (χ2v) is 7.47. The number of amides is 1. The Morgan fingerprint density at radius 2 is 2.14 bits per heavy atom. The van der Waals surface area contributed by atoms with Crippen molar-refractivity contribution in [2.45, 2.75) is 32.4 Å². The molecule has 0 aliphatic heterocycles. The Morgan fingerprint density at radius 1 is 1.24 bits per heavy atom. The summed E-state index contributed by atoms with van der Waals surface area (Å²) in [6.45, 7) is 2.74. The van der Waals surface area contributed by atoms with Crippen molar-refractivity contribution in [2.75, 3.05) is 0 Å². The predicted octanol–water partition coefficient (Wildman–Crippen LogP) is 4.48. The molecule has 0 radical (unpaired) electrons. The van der Waals surface area contributed by atoms with Crippen molar-refractivity contribution in [1.82, 2.24) is 20.1 Å². The minimum absolute atomic E-state index is 0.0236. The fourth-order valence-corrected chi connectivity index (χ4v) is 3.36. The number of fused-ring (bicyclic) bond motifs is 1. The molecule has 1 unspecified atom stereocenters. The molecule has 4 rings (SSSR count). The van der Waals surface area contributed by atoms with Gasteiger partial charge < -0.3 is 9.73 Å². The van der Waals surface area contributed by atoms with Gasteiger partial charge in [0.1, 0.15) is 5.52 Å². The van der Waals surface area contributed by atoms with Gasteiger partial charge in [0.25, 0.3) is 5.91 Å². The van der Waals surface area contributed by atoms with Crippen LogP contribution in [0.2, 0.25) is 5.02 Å². The van der Waals surface area contributed by atoms with E-state index in [0.29, 0.717) is 28.5 Å². The Labute approximate surface area is 173 Å². The zero-order valence-electron chi connectivity index (χ0n) is 16.0. The lowest BCUT2D eigenvalue weighted by Gasteiger charge is -2.13. The van der Waals surface area contributed by atoms with E-state index in [1.807, 2.05) is 54.2 Å². The molecule has 7 heteroatoms. The summed E-state index contributed by atoms with van der Waals surface area (Å²) in [4.78, 5) is 17.1. The van der Waals surface area contributed by atoms with E-state index in [-0.39, 0.29) is 11.9 Å². The molecule has 4 aromatic rings. The minimum atomic E-state index is -0.132. The number of nitrogens with one attached hydrogen (secondary N) is 1. The first kappa shape index (κ1) is 19.2. The molecule has 2 aromatic heterocycles. The van der Waals surface area contributed by atoms with Crippen molar-refractivity contribution in [2.24, 2.45) is 0 Å².